The minimum Gasteiger partial charge on any atom is -0.489 e. The van der Waals surface area contributed by atoms with Gasteiger partial charge in [0.1, 0.15) is 12.4 Å². The van der Waals surface area contributed by atoms with Crippen molar-refractivity contribution in [3.05, 3.63) is 65.7 Å². The van der Waals surface area contributed by atoms with Gasteiger partial charge in [-0.3, -0.25) is 9.59 Å². The fraction of sp³-hybridized carbons (Fsp3) is 0.364. The van der Waals surface area contributed by atoms with E-state index in [0.29, 0.717) is 19.6 Å². The third-order valence-corrected chi connectivity index (χ3v) is 4.35. The van der Waals surface area contributed by atoms with Crippen LogP contribution in [0.15, 0.2) is 54.6 Å². The van der Waals surface area contributed by atoms with Crippen molar-refractivity contribution in [2.24, 2.45) is 11.7 Å². The number of hydrogen-bond donors (Lipinski definition) is 3. The molecule has 0 aliphatic heterocycles. The third kappa shape index (κ3) is 7.40. The highest BCUT2D eigenvalue weighted by Crippen LogP contribution is 2.14. The molecule has 0 unspecified atom stereocenters. The molecule has 0 saturated heterocycles. The van der Waals surface area contributed by atoms with Gasteiger partial charge in [0.25, 0.3) is 0 Å². The van der Waals surface area contributed by atoms with Crippen LogP contribution in [0.4, 0.5) is 0 Å². The van der Waals surface area contributed by atoms with Gasteiger partial charge in [0, 0.05) is 6.54 Å². The lowest BCUT2D eigenvalue weighted by molar-refractivity contribution is -0.127. The smallest absolute Gasteiger partial charge is 0.239 e. The summed E-state index contributed by atoms with van der Waals surface area (Å²) in [5.41, 5.74) is 7.95. The van der Waals surface area contributed by atoms with E-state index in [9.17, 15) is 9.59 Å². The van der Waals surface area contributed by atoms with Gasteiger partial charge in [-0.15, -0.1) is 0 Å². The number of carbonyl (C=O) groups excluding carboxylic acids is 2. The highest BCUT2D eigenvalue weighted by Gasteiger charge is 2.17. The summed E-state index contributed by atoms with van der Waals surface area (Å²) in [6.45, 7) is 4.69. The summed E-state index contributed by atoms with van der Waals surface area (Å²) in [7, 11) is 0. The van der Waals surface area contributed by atoms with Gasteiger partial charge >= 0.3 is 0 Å². The standard InChI is InChI=1S/C22H29N3O3/c1-16(2)21(23)22(27)25-14-20(26)24-13-12-17-8-10-19(11-9-17)28-15-18-6-4-3-5-7-18/h3-11,16,21H,12-15,23H2,1-2H3,(H,24,26)(H,25,27)/t21-/m0/s1. The average molecular weight is 383 g/mol. The van der Waals surface area contributed by atoms with Crippen LogP contribution in [0.3, 0.4) is 0 Å². The topological polar surface area (TPSA) is 93.5 Å². The maximum absolute atomic E-state index is 11.8. The summed E-state index contributed by atoms with van der Waals surface area (Å²) >= 11 is 0. The molecule has 0 aliphatic carbocycles. The molecule has 0 bridgehead atoms. The lowest BCUT2D eigenvalue weighted by atomic mass is 10.1. The minimum atomic E-state index is -0.601. The van der Waals surface area contributed by atoms with Crippen LogP contribution >= 0.6 is 0 Å². The molecule has 1 atom stereocenters. The molecular weight excluding hydrogens is 354 g/mol. The average Bonchev–Trinajstić information content (AvgIpc) is 2.71. The van der Waals surface area contributed by atoms with Crippen molar-refractivity contribution >= 4 is 11.8 Å². The molecule has 4 N–H and O–H groups in total. The van der Waals surface area contributed by atoms with Crippen LogP contribution < -0.4 is 21.1 Å². The maximum atomic E-state index is 11.8. The fourth-order valence-electron chi connectivity index (χ4n) is 2.49. The first kappa shape index (κ1) is 21.4. The summed E-state index contributed by atoms with van der Waals surface area (Å²) < 4.78 is 5.76. The zero-order valence-electron chi connectivity index (χ0n) is 16.5. The van der Waals surface area contributed by atoms with E-state index in [2.05, 4.69) is 10.6 Å². The van der Waals surface area contributed by atoms with Crippen LogP contribution in [0, 0.1) is 5.92 Å². The van der Waals surface area contributed by atoms with Gasteiger partial charge in [-0.25, -0.2) is 0 Å². The number of rotatable bonds is 10. The first-order valence-electron chi connectivity index (χ1n) is 9.51. The SMILES string of the molecule is CC(C)[C@H](N)C(=O)NCC(=O)NCCc1ccc(OCc2ccccc2)cc1. The van der Waals surface area contributed by atoms with Crippen molar-refractivity contribution in [3.8, 4) is 5.75 Å². The first-order chi connectivity index (χ1) is 13.5. The molecule has 0 spiro atoms. The second-order valence-corrected chi connectivity index (χ2v) is 7.01. The Hall–Kier alpha value is -2.86. The molecule has 2 aromatic carbocycles. The minimum absolute atomic E-state index is 0.0303. The highest BCUT2D eigenvalue weighted by atomic mass is 16.5. The molecule has 0 aliphatic rings. The van der Waals surface area contributed by atoms with Crippen molar-refractivity contribution < 1.29 is 14.3 Å². The lowest BCUT2D eigenvalue weighted by Crippen LogP contribution is -2.47. The Balaban J connectivity index is 1.66. The van der Waals surface area contributed by atoms with E-state index in [1.807, 2.05) is 68.4 Å². The summed E-state index contributed by atoms with van der Waals surface area (Å²) in [5.74, 6) is 0.298. The molecule has 2 aromatic rings. The summed E-state index contributed by atoms with van der Waals surface area (Å²) in [6, 6.07) is 17.2. The van der Waals surface area contributed by atoms with E-state index < -0.39 is 6.04 Å². The molecule has 150 valence electrons. The number of ether oxygens (including phenoxy) is 1. The van der Waals surface area contributed by atoms with Gasteiger partial charge in [-0.2, -0.15) is 0 Å². The Labute approximate surface area is 166 Å². The van der Waals surface area contributed by atoms with Gasteiger partial charge in [0.05, 0.1) is 12.6 Å². The van der Waals surface area contributed by atoms with Gasteiger partial charge in [-0.1, -0.05) is 56.3 Å². The van der Waals surface area contributed by atoms with E-state index >= 15 is 0 Å². The van der Waals surface area contributed by atoms with Crippen molar-refractivity contribution in [1.82, 2.24) is 10.6 Å². The van der Waals surface area contributed by atoms with Crippen LogP contribution in [0.25, 0.3) is 0 Å². The second-order valence-electron chi connectivity index (χ2n) is 7.01. The van der Waals surface area contributed by atoms with Crippen molar-refractivity contribution in [1.29, 1.82) is 0 Å². The second kappa shape index (κ2) is 11.1. The van der Waals surface area contributed by atoms with Gasteiger partial charge in [-0.05, 0) is 35.6 Å². The summed E-state index contributed by atoms with van der Waals surface area (Å²) in [5, 5.41) is 5.34. The number of nitrogens with one attached hydrogen (secondary N) is 2. The quantitative estimate of drug-likeness (QED) is 0.585. The zero-order chi connectivity index (χ0) is 20.4. The van der Waals surface area contributed by atoms with Crippen LogP contribution in [0.1, 0.15) is 25.0 Å². The fourth-order valence-corrected chi connectivity index (χ4v) is 2.49. The number of nitrogens with two attached hydrogens (primary N) is 1. The molecule has 6 nitrogen and oxygen atoms in total. The predicted molar refractivity (Wildman–Crippen MR) is 110 cm³/mol. The Morgan fingerprint density at radius 3 is 2.29 bits per heavy atom. The Kier molecular flexibility index (Phi) is 8.49. The molecule has 6 heteroatoms. The largest absolute Gasteiger partial charge is 0.489 e. The lowest BCUT2D eigenvalue weighted by Gasteiger charge is -2.15. The van der Waals surface area contributed by atoms with Crippen molar-refractivity contribution in [2.45, 2.75) is 32.9 Å². The van der Waals surface area contributed by atoms with E-state index in [4.69, 9.17) is 10.5 Å². The van der Waals surface area contributed by atoms with Gasteiger partial charge in [0.2, 0.25) is 11.8 Å². The Morgan fingerprint density at radius 1 is 0.964 bits per heavy atom. The molecule has 0 radical (unpaired) electrons. The summed E-state index contributed by atoms with van der Waals surface area (Å²) in [4.78, 5) is 23.5. The van der Waals surface area contributed by atoms with Crippen molar-refractivity contribution in [3.63, 3.8) is 0 Å². The van der Waals surface area contributed by atoms with E-state index in [1.165, 1.54) is 0 Å². The monoisotopic (exact) mass is 383 g/mol. The molecule has 28 heavy (non-hydrogen) atoms. The third-order valence-electron chi connectivity index (χ3n) is 4.35. The van der Waals surface area contributed by atoms with Crippen LogP contribution in [-0.4, -0.2) is 30.9 Å². The molecule has 0 heterocycles. The molecule has 0 saturated carbocycles. The highest BCUT2D eigenvalue weighted by molar-refractivity contribution is 5.87. The molecule has 0 fully saturated rings. The molecule has 2 rings (SSSR count). The van der Waals surface area contributed by atoms with E-state index in [1.54, 1.807) is 0 Å². The van der Waals surface area contributed by atoms with Gasteiger partial charge < -0.3 is 21.1 Å². The molecular formula is C22H29N3O3. The maximum Gasteiger partial charge on any atom is 0.239 e. The van der Waals surface area contributed by atoms with Gasteiger partial charge in [0.15, 0.2) is 0 Å². The Bertz CT molecular complexity index is 745. The summed E-state index contributed by atoms with van der Waals surface area (Å²) in [6.07, 6.45) is 0.699. The van der Waals surface area contributed by atoms with Crippen LogP contribution in [0.5, 0.6) is 5.75 Å². The van der Waals surface area contributed by atoms with E-state index in [-0.39, 0.29) is 24.3 Å². The van der Waals surface area contributed by atoms with Crippen LogP contribution in [0.2, 0.25) is 0 Å². The predicted octanol–water partition coefficient (Wildman–Crippen LogP) is 2.02. The number of benzene rings is 2. The van der Waals surface area contributed by atoms with Crippen molar-refractivity contribution in [2.75, 3.05) is 13.1 Å². The Morgan fingerprint density at radius 2 is 1.64 bits per heavy atom. The zero-order valence-corrected chi connectivity index (χ0v) is 16.5. The number of carbonyl (C=O) groups is 2. The first-order valence-corrected chi connectivity index (χ1v) is 9.51. The number of amides is 2. The number of hydrogen-bond acceptors (Lipinski definition) is 4. The van der Waals surface area contributed by atoms with E-state index in [0.717, 1.165) is 16.9 Å². The normalized spacial score (nSPS) is 11.7. The van der Waals surface area contributed by atoms with Crippen LogP contribution in [-0.2, 0) is 22.6 Å². The molecule has 2 amide bonds. The molecule has 0 aromatic heterocycles.